The first kappa shape index (κ1) is 19.1. The molecule has 2 aromatic carbocycles. The van der Waals surface area contributed by atoms with E-state index in [1.807, 2.05) is 0 Å². The summed E-state index contributed by atoms with van der Waals surface area (Å²) < 4.78 is 8.67. The molecule has 0 atom stereocenters. The number of hydrogen-bond donors (Lipinski definition) is 0. The molecule has 0 bridgehead atoms. The molecule has 3 heteroatoms. The van der Waals surface area contributed by atoms with Gasteiger partial charge in [0, 0.05) is 36.2 Å². The lowest BCUT2D eigenvalue weighted by Gasteiger charge is -2.32. The summed E-state index contributed by atoms with van der Waals surface area (Å²) in [6.45, 7) is 9.01. The molecule has 1 aliphatic heterocycles. The zero-order valence-corrected chi connectivity index (χ0v) is 17.2. The number of fused-ring (bicyclic) bond motifs is 1. The third kappa shape index (κ3) is 4.10. The largest absolute Gasteiger partial charge is 0.490 e. The number of aromatic nitrogens is 1. The number of benzene rings is 2. The van der Waals surface area contributed by atoms with Crippen molar-refractivity contribution in [2.24, 2.45) is 0 Å². The quantitative estimate of drug-likeness (QED) is 0.505. The molecule has 0 unspecified atom stereocenters. The van der Waals surface area contributed by atoms with Crippen LogP contribution >= 0.6 is 0 Å². The van der Waals surface area contributed by atoms with Crippen molar-refractivity contribution >= 4 is 10.9 Å². The first-order valence-corrected chi connectivity index (χ1v) is 10.9. The van der Waals surface area contributed by atoms with Crippen LogP contribution in [0.5, 0.6) is 5.75 Å². The summed E-state index contributed by atoms with van der Waals surface area (Å²) in [4.78, 5) is 2.58. The molecule has 3 aromatic rings. The maximum atomic E-state index is 6.28. The Bertz CT molecular complexity index is 889. The molecule has 0 N–H and O–H groups in total. The summed E-state index contributed by atoms with van der Waals surface area (Å²) in [5, 5.41) is 1.30. The molecule has 0 saturated carbocycles. The van der Waals surface area contributed by atoms with E-state index < -0.39 is 0 Å². The third-order valence-corrected chi connectivity index (χ3v) is 5.94. The minimum absolute atomic E-state index is 0.353. The van der Waals surface area contributed by atoms with Crippen LogP contribution in [-0.2, 0) is 6.54 Å². The van der Waals surface area contributed by atoms with Gasteiger partial charge in [0.25, 0.3) is 0 Å². The molecule has 1 fully saturated rings. The smallest absolute Gasteiger partial charge is 0.119 e. The molecule has 28 heavy (non-hydrogen) atoms. The number of unbranched alkanes of at least 4 members (excludes halogenated alkanes) is 1. The average Bonchev–Trinajstić information content (AvgIpc) is 3.12. The van der Waals surface area contributed by atoms with Crippen molar-refractivity contribution in [1.82, 2.24) is 9.47 Å². The van der Waals surface area contributed by atoms with Gasteiger partial charge in [-0.3, -0.25) is 0 Å². The lowest BCUT2D eigenvalue weighted by atomic mass is 10.1. The van der Waals surface area contributed by atoms with Crippen molar-refractivity contribution in [2.75, 3.05) is 19.6 Å². The number of piperidine rings is 1. The van der Waals surface area contributed by atoms with Gasteiger partial charge in [0.15, 0.2) is 0 Å². The highest BCUT2D eigenvalue weighted by molar-refractivity contribution is 5.87. The van der Waals surface area contributed by atoms with E-state index in [0.29, 0.717) is 6.10 Å². The van der Waals surface area contributed by atoms with E-state index in [4.69, 9.17) is 4.74 Å². The van der Waals surface area contributed by atoms with Crippen molar-refractivity contribution in [3.05, 3.63) is 54.6 Å². The van der Waals surface area contributed by atoms with E-state index >= 15 is 0 Å². The fraction of sp³-hybridized carbons (Fsp3) is 0.440. The number of likely N-dealkylation sites (tertiary alicyclic amines) is 1. The molecule has 2 heterocycles. The first-order chi connectivity index (χ1) is 13.8. The van der Waals surface area contributed by atoms with E-state index in [9.17, 15) is 0 Å². The van der Waals surface area contributed by atoms with Crippen LogP contribution in [0.25, 0.3) is 22.2 Å². The number of nitrogens with zero attached hydrogens (tertiary/aromatic N) is 2. The van der Waals surface area contributed by atoms with Gasteiger partial charge in [-0.25, -0.2) is 0 Å². The van der Waals surface area contributed by atoms with E-state index in [-0.39, 0.29) is 0 Å². The Labute approximate surface area is 168 Å². The van der Waals surface area contributed by atoms with Gasteiger partial charge in [-0.05, 0) is 74.7 Å². The van der Waals surface area contributed by atoms with Crippen LogP contribution in [0.2, 0.25) is 0 Å². The number of ether oxygens (including phenoxy) is 1. The predicted molar refractivity (Wildman–Crippen MR) is 118 cm³/mol. The van der Waals surface area contributed by atoms with Gasteiger partial charge in [0.05, 0.1) is 0 Å². The minimum Gasteiger partial charge on any atom is -0.490 e. The summed E-state index contributed by atoms with van der Waals surface area (Å²) in [7, 11) is 0. The van der Waals surface area contributed by atoms with Crippen LogP contribution in [-0.4, -0.2) is 35.2 Å². The zero-order chi connectivity index (χ0) is 19.3. The maximum Gasteiger partial charge on any atom is 0.119 e. The van der Waals surface area contributed by atoms with E-state index in [1.165, 1.54) is 54.6 Å². The van der Waals surface area contributed by atoms with Gasteiger partial charge in [-0.15, -0.1) is 0 Å². The van der Waals surface area contributed by atoms with Crippen LogP contribution in [0.4, 0.5) is 0 Å². The van der Waals surface area contributed by atoms with Crippen molar-refractivity contribution in [1.29, 1.82) is 0 Å². The zero-order valence-electron chi connectivity index (χ0n) is 17.2. The van der Waals surface area contributed by atoms with Crippen LogP contribution in [0.3, 0.4) is 0 Å². The lowest BCUT2D eigenvalue weighted by molar-refractivity contribution is 0.0998. The highest BCUT2D eigenvalue weighted by Gasteiger charge is 2.20. The number of aryl methyl sites for hydroxylation is 1. The minimum atomic E-state index is 0.353. The summed E-state index contributed by atoms with van der Waals surface area (Å²) in [5.74, 6) is 0.995. The van der Waals surface area contributed by atoms with Gasteiger partial charge >= 0.3 is 0 Å². The van der Waals surface area contributed by atoms with Gasteiger partial charge in [0.1, 0.15) is 11.9 Å². The summed E-state index contributed by atoms with van der Waals surface area (Å²) in [5.41, 5.74) is 3.83. The number of hydrogen-bond acceptors (Lipinski definition) is 2. The Hall–Kier alpha value is -2.26. The Morgan fingerprint density at radius 3 is 2.43 bits per heavy atom. The monoisotopic (exact) mass is 376 g/mol. The van der Waals surface area contributed by atoms with Crippen LogP contribution in [0, 0.1) is 0 Å². The molecule has 1 aliphatic rings. The summed E-state index contributed by atoms with van der Waals surface area (Å²) in [6.07, 6.45) is 5.21. The molecule has 148 valence electrons. The molecule has 1 saturated heterocycles. The van der Waals surface area contributed by atoms with Crippen LogP contribution < -0.4 is 4.74 Å². The average molecular weight is 377 g/mol. The molecule has 4 rings (SSSR count). The molecular formula is C25H32N2O. The Morgan fingerprint density at radius 1 is 0.964 bits per heavy atom. The van der Waals surface area contributed by atoms with Crippen LogP contribution in [0.15, 0.2) is 54.6 Å². The Morgan fingerprint density at radius 2 is 1.71 bits per heavy atom. The predicted octanol–water partition coefficient (Wildman–Crippen LogP) is 5.97. The van der Waals surface area contributed by atoms with Crippen molar-refractivity contribution in [3.8, 4) is 17.0 Å². The second-order valence-corrected chi connectivity index (χ2v) is 7.87. The second kappa shape index (κ2) is 8.83. The van der Waals surface area contributed by atoms with Gasteiger partial charge in [-0.1, -0.05) is 31.5 Å². The maximum absolute atomic E-state index is 6.28. The Balaban J connectivity index is 1.42. The first-order valence-electron chi connectivity index (χ1n) is 10.9. The molecule has 1 aromatic heterocycles. The Kier molecular flexibility index (Phi) is 6.01. The molecule has 0 amide bonds. The SMILES string of the molecule is CCCCN1CCC(Oc2ccc(-c3cc4ccccc4n3CC)cc2)CC1. The van der Waals surface area contributed by atoms with Gasteiger partial charge in [0.2, 0.25) is 0 Å². The highest BCUT2D eigenvalue weighted by Crippen LogP contribution is 2.30. The summed E-state index contributed by atoms with van der Waals surface area (Å²) in [6, 6.07) is 19.6. The summed E-state index contributed by atoms with van der Waals surface area (Å²) >= 11 is 0. The topological polar surface area (TPSA) is 17.4 Å². The molecule has 0 aliphatic carbocycles. The van der Waals surface area contributed by atoms with E-state index in [2.05, 4.69) is 77.9 Å². The molecule has 0 spiro atoms. The fourth-order valence-electron chi connectivity index (χ4n) is 4.32. The standard InChI is InChI=1S/C25H32N2O/c1-3-5-16-26-17-14-23(15-18-26)28-22-12-10-20(11-13-22)25-19-21-8-6-7-9-24(21)27(25)4-2/h6-13,19,23H,3-5,14-18H2,1-2H3. The highest BCUT2D eigenvalue weighted by atomic mass is 16.5. The third-order valence-electron chi connectivity index (χ3n) is 5.94. The normalized spacial score (nSPS) is 15.9. The molecular weight excluding hydrogens is 344 g/mol. The van der Waals surface area contributed by atoms with E-state index in [1.54, 1.807) is 0 Å². The second-order valence-electron chi connectivity index (χ2n) is 7.87. The molecule has 0 radical (unpaired) electrons. The fourth-order valence-corrected chi connectivity index (χ4v) is 4.32. The van der Waals surface area contributed by atoms with Crippen molar-refractivity contribution in [3.63, 3.8) is 0 Å². The van der Waals surface area contributed by atoms with Crippen LogP contribution in [0.1, 0.15) is 39.5 Å². The van der Waals surface area contributed by atoms with Gasteiger partial charge in [-0.2, -0.15) is 0 Å². The van der Waals surface area contributed by atoms with Gasteiger partial charge < -0.3 is 14.2 Å². The molecule has 3 nitrogen and oxygen atoms in total. The van der Waals surface area contributed by atoms with E-state index in [0.717, 1.165) is 25.1 Å². The van der Waals surface area contributed by atoms with Crippen molar-refractivity contribution in [2.45, 2.75) is 52.2 Å². The number of rotatable bonds is 7. The lowest BCUT2D eigenvalue weighted by Crippen LogP contribution is -2.38. The number of para-hydroxylation sites is 1. The van der Waals surface area contributed by atoms with Crippen molar-refractivity contribution < 1.29 is 4.74 Å².